The van der Waals surface area contributed by atoms with Gasteiger partial charge in [0.2, 0.25) is 5.91 Å². The minimum Gasteiger partial charge on any atom is -0.353 e. The van der Waals surface area contributed by atoms with Gasteiger partial charge in [-0.15, -0.1) is 12.4 Å². The van der Waals surface area contributed by atoms with Crippen molar-refractivity contribution in [2.75, 3.05) is 13.1 Å². The van der Waals surface area contributed by atoms with E-state index in [9.17, 15) is 4.79 Å². The summed E-state index contributed by atoms with van der Waals surface area (Å²) in [6, 6.07) is 10.9. The quantitative estimate of drug-likeness (QED) is 0.856. The second-order valence-corrected chi connectivity index (χ2v) is 7.12. The molecule has 1 amide bonds. The Balaban J connectivity index is 0.00000182. The van der Waals surface area contributed by atoms with Gasteiger partial charge in [0.05, 0.1) is 12.1 Å². The Labute approximate surface area is 154 Å². The second kappa shape index (κ2) is 7.58. The smallest absolute Gasteiger partial charge is 0.225 e. The highest BCUT2D eigenvalue weighted by atomic mass is 35.5. The van der Waals surface area contributed by atoms with Crippen LogP contribution in [0.3, 0.4) is 0 Å². The molecule has 2 aliphatic rings. The first-order chi connectivity index (χ1) is 11.7. The molecule has 1 saturated carbocycles. The maximum absolute atomic E-state index is 12.7. The van der Waals surface area contributed by atoms with E-state index in [1.807, 2.05) is 25.5 Å². The second-order valence-electron chi connectivity index (χ2n) is 7.12. The molecule has 2 fully saturated rings. The number of nitrogens with one attached hydrogen (secondary N) is 2. The average molecular weight is 361 g/mol. The number of nitrogens with zero attached hydrogens (tertiary/aromatic N) is 2. The Hall–Kier alpha value is -1.85. The molecule has 1 saturated heterocycles. The highest BCUT2D eigenvalue weighted by Gasteiger charge is 2.41. The van der Waals surface area contributed by atoms with E-state index >= 15 is 0 Å². The molecule has 2 unspecified atom stereocenters. The molecule has 0 bridgehead atoms. The molecule has 1 aliphatic heterocycles. The number of aryl methyl sites for hydroxylation is 1. The van der Waals surface area contributed by atoms with E-state index in [0.717, 1.165) is 31.5 Å². The summed E-state index contributed by atoms with van der Waals surface area (Å²) in [5, 5.41) is 10.9. The van der Waals surface area contributed by atoms with Crippen LogP contribution < -0.4 is 10.6 Å². The zero-order valence-corrected chi connectivity index (χ0v) is 15.2. The molecular weight excluding hydrogens is 336 g/mol. The molecule has 1 aliphatic carbocycles. The van der Waals surface area contributed by atoms with Crippen LogP contribution in [0.4, 0.5) is 0 Å². The number of halogens is 1. The lowest BCUT2D eigenvalue weighted by Gasteiger charge is -2.17. The third-order valence-electron chi connectivity index (χ3n) is 5.29. The lowest BCUT2D eigenvalue weighted by Crippen LogP contribution is -2.36. The van der Waals surface area contributed by atoms with Gasteiger partial charge >= 0.3 is 0 Å². The van der Waals surface area contributed by atoms with Crippen LogP contribution in [0.1, 0.15) is 23.5 Å². The predicted molar refractivity (Wildman–Crippen MR) is 99.7 cm³/mol. The predicted octanol–water partition coefficient (Wildman–Crippen LogP) is 1.89. The topological polar surface area (TPSA) is 59.0 Å². The Morgan fingerprint density at radius 1 is 1.32 bits per heavy atom. The van der Waals surface area contributed by atoms with Crippen molar-refractivity contribution in [3.05, 3.63) is 53.9 Å². The summed E-state index contributed by atoms with van der Waals surface area (Å²) in [5.74, 6) is 1.01. The summed E-state index contributed by atoms with van der Waals surface area (Å²) in [6.45, 7) is 1.60. The number of amides is 1. The zero-order chi connectivity index (χ0) is 16.5. The van der Waals surface area contributed by atoms with Crippen molar-refractivity contribution in [2.24, 2.45) is 18.9 Å². The van der Waals surface area contributed by atoms with Gasteiger partial charge in [-0.05, 0) is 29.9 Å². The van der Waals surface area contributed by atoms with Crippen molar-refractivity contribution in [3.8, 4) is 0 Å². The lowest BCUT2D eigenvalue weighted by molar-refractivity contribution is -0.125. The van der Waals surface area contributed by atoms with Crippen molar-refractivity contribution < 1.29 is 4.79 Å². The van der Waals surface area contributed by atoms with Crippen LogP contribution in [-0.2, 0) is 18.3 Å². The zero-order valence-electron chi connectivity index (χ0n) is 14.4. The maximum atomic E-state index is 12.7. The number of aromatic nitrogens is 2. The fourth-order valence-corrected chi connectivity index (χ4v) is 3.79. The van der Waals surface area contributed by atoms with E-state index in [1.165, 1.54) is 5.56 Å². The van der Waals surface area contributed by atoms with Gasteiger partial charge in [-0.25, -0.2) is 0 Å². The van der Waals surface area contributed by atoms with Gasteiger partial charge in [0.1, 0.15) is 0 Å². The third-order valence-corrected chi connectivity index (χ3v) is 5.29. The van der Waals surface area contributed by atoms with E-state index in [4.69, 9.17) is 0 Å². The summed E-state index contributed by atoms with van der Waals surface area (Å²) in [5.41, 5.74) is 2.51. The Kier molecular flexibility index (Phi) is 5.45. The van der Waals surface area contributed by atoms with Crippen LogP contribution in [0.5, 0.6) is 0 Å². The molecule has 0 spiro atoms. The summed E-state index contributed by atoms with van der Waals surface area (Å²) in [7, 11) is 1.92. The molecule has 2 aromatic rings. The van der Waals surface area contributed by atoms with Gasteiger partial charge in [0.25, 0.3) is 0 Å². The minimum absolute atomic E-state index is 0. The number of hydrogen-bond acceptors (Lipinski definition) is 3. The largest absolute Gasteiger partial charge is 0.353 e. The molecule has 134 valence electrons. The normalized spacial score (nSPS) is 27.6. The van der Waals surface area contributed by atoms with Crippen LogP contribution >= 0.6 is 12.4 Å². The Morgan fingerprint density at radius 2 is 2.12 bits per heavy atom. The van der Waals surface area contributed by atoms with Crippen LogP contribution in [0, 0.1) is 11.8 Å². The van der Waals surface area contributed by atoms with Gasteiger partial charge in [0, 0.05) is 38.3 Å². The number of benzene rings is 1. The summed E-state index contributed by atoms with van der Waals surface area (Å²) in [4.78, 5) is 12.7. The van der Waals surface area contributed by atoms with Crippen molar-refractivity contribution in [1.82, 2.24) is 20.4 Å². The maximum Gasteiger partial charge on any atom is 0.225 e. The first-order valence-electron chi connectivity index (χ1n) is 8.74. The molecule has 25 heavy (non-hydrogen) atoms. The number of rotatable bonds is 5. The number of hydrogen-bond donors (Lipinski definition) is 2. The number of carbonyl (C=O) groups excluding carboxylic acids is 1. The fraction of sp³-hybridized carbons (Fsp3) is 0.474. The molecule has 4 rings (SSSR count). The molecule has 4 atom stereocenters. The minimum atomic E-state index is 0. The summed E-state index contributed by atoms with van der Waals surface area (Å²) >= 11 is 0. The van der Waals surface area contributed by atoms with Crippen molar-refractivity contribution in [2.45, 2.75) is 24.8 Å². The third kappa shape index (κ3) is 4.05. The molecule has 5 nitrogen and oxygen atoms in total. The van der Waals surface area contributed by atoms with E-state index in [0.29, 0.717) is 12.0 Å². The van der Waals surface area contributed by atoms with Crippen LogP contribution in [0.25, 0.3) is 0 Å². The van der Waals surface area contributed by atoms with E-state index < -0.39 is 0 Å². The van der Waals surface area contributed by atoms with E-state index in [2.05, 4.69) is 40.0 Å². The molecule has 1 aromatic carbocycles. The lowest BCUT2D eigenvalue weighted by atomic mass is 9.90. The van der Waals surface area contributed by atoms with Crippen molar-refractivity contribution in [3.63, 3.8) is 0 Å². The molecular formula is C19H25ClN4O. The molecule has 2 heterocycles. The number of carbonyl (C=O) groups is 1. The SMILES string of the molecule is Cl.Cn1cc([C@H]2CNC[C@@H]2C(=O)NC2CC2Cc2ccccc2)cn1. The van der Waals surface area contributed by atoms with Crippen molar-refractivity contribution in [1.29, 1.82) is 0 Å². The summed E-state index contributed by atoms with van der Waals surface area (Å²) in [6.07, 6.45) is 6.06. The molecule has 2 N–H and O–H groups in total. The van der Waals surface area contributed by atoms with E-state index in [1.54, 1.807) is 4.68 Å². The van der Waals surface area contributed by atoms with Gasteiger partial charge < -0.3 is 10.6 Å². The fourth-order valence-electron chi connectivity index (χ4n) is 3.79. The highest BCUT2D eigenvalue weighted by Crippen LogP contribution is 2.35. The Morgan fingerprint density at radius 3 is 2.84 bits per heavy atom. The highest BCUT2D eigenvalue weighted by molar-refractivity contribution is 5.85. The first-order valence-corrected chi connectivity index (χ1v) is 8.74. The van der Waals surface area contributed by atoms with Crippen LogP contribution in [-0.4, -0.2) is 34.8 Å². The van der Waals surface area contributed by atoms with Gasteiger partial charge in [-0.2, -0.15) is 5.10 Å². The molecule has 6 heteroatoms. The van der Waals surface area contributed by atoms with Crippen LogP contribution in [0.15, 0.2) is 42.7 Å². The van der Waals surface area contributed by atoms with Gasteiger partial charge in [-0.3, -0.25) is 9.48 Å². The molecule has 1 aromatic heterocycles. The Bertz CT molecular complexity index is 717. The van der Waals surface area contributed by atoms with Crippen molar-refractivity contribution >= 4 is 18.3 Å². The van der Waals surface area contributed by atoms with Gasteiger partial charge in [-0.1, -0.05) is 30.3 Å². The molecule has 0 radical (unpaired) electrons. The summed E-state index contributed by atoms with van der Waals surface area (Å²) < 4.78 is 1.80. The van der Waals surface area contributed by atoms with E-state index in [-0.39, 0.29) is 30.2 Å². The first kappa shape index (κ1) is 18.0. The average Bonchev–Trinajstić information content (AvgIpc) is 3.00. The van der Waals surface area contributed by atoms with Crippen LogP contribution in [0.2, 0.25) is 0 Å². The van der Waals surface area contributed by atoms with Gasteiger partial charge in [0.15, 0.2) is 0 Å². The monoisotopic (exact) mass is 360 g/mol. The standard InChI is InChI=1S/C19H24N4O.ClH/c1-23-12-15(9-21-23)16-10-20-11-17(16)19(24)22-18-8-14(18)7-13-5-3-2-4-6-13;/h2-6,9,12,14,16-18,20H,7-8,10-11H2,1H3,(H,22,24);1H/t14?,16-,17+,18?;/m1./s1.